The number of halogens is 1. The number of likely N-dealkylation sites (tertiary alicyclic amines) is 1. The molecule has 1 saturated heterocycles. The number of rotatable bonds is 9. The Labute approximate surface area is 205 Å². The number of benzene rings is 3. The number of carbonyl (C=O) groups is 2. The largest absolute Gasteiger partial charge is 0.352 e. The van der Waals surface area contributed by atoms with Gasteiger partial charge in [0.25, 0.3) is 0 Å². The number of carbonyl (C=O) groups excluding carboxylic acids is 2. The zero-order valence-corrected chi connectivity index (χ0v) is 19.7. The molecule has 0 radical (unpaired) electrons. The molecule has 0 saturated carbocycles. The molecule has 4 rings (SSSR count). The van der Waals surface area contributed by atoms with E-state index in [1.807, 2.05) is 24.3 Å². The number of hydrogen-bond acceptors (Lipinski definition) is 3. The van der Waals surface area contributed by atoms with Crippen molar-refractivity contribution in [2.24, 2.45) is 5.73 Å². The number of urea groups is 1. The van der Waals surface area contributed by atoms with Crippen molar-refractivity contribution in [3.63, 3.8) is 0 Å². The molecule has 1 heterocycles. The molecular weight excluding hydrogens is 443 g/mol. The van der Waals surface area contributed by atoms with Crippen LogP contribution in [0.5, 0.6) is 0 Å². The SMILES string of the molecule is NC(=O)N[C@@H](CC(=O)NCc1ccccc1-c1ccc(CN2CCCC2)cc1)c1ccccc1F. The Hall–Kier alpha value is -3.71. The van der Waals surface area contributed by atoms with Crippen LogP contribution in [0.3, 0.4) is 0 Å². The first kappa shape index (κ1) is 24.4. The molecule has 3 aromatic carbocycles. The maximum absolute atomic E-state index is 14.2. The summed E-state index contributed by atoms with van der Waals surface area (Å²) in [6.45, 7) is 3.61. The summed E-state index contributed by atoms with van der Waals surface area (Å²) in [6, 6.07) is 20.8. The van der Waals surface area contributed by atoms with Gasteiger partial charge in [0.05, 0.1) is 12.5 Å². The highest BCUT2D eigenvalue weighted by Gasteiger charge is 2.20. The molecule has 1 aliphatic heterocycles. The Kier molecular flexibility index (Phi) is 8.11. The monoisotopic (exact) mass is 474 g/mol. The molecular formula is C28H31FN4O2. The lowest BCUT2D eigenvalue weighted by Crippen LogP contribution is -2.37. The predicted molar refractivity (Wildman–Crippen MR) is 135 cm³/mol. The van der Waals surface area contributed by atoms with Crippen molar-refractivity contribution < 1.29 is 14.0 Å². The first-order valence-corrected chi connectivity index (χ1v) is 12.0. The fourth-order valence-electron chi connectivity index (χ4n) is 4.56. The molecule has 1 aliphatic rings. The molecule has 0 unspecified atom stereocenters. The highest BCUT2D eigenvalue weighted by atomic mass is 19.1. The average Bonchev–Trinajstić information content (AvgIpc) is 3.36. The number of primary amides is 1. The topological polar surface area (TPSA) is 87.5 Å². The van der Waals surface area contributed by atoms with Gasteiger partial charge in [-0.15, -0.1) is 0 Å². The quantitative estimate of drug-likeness (QED) is 0.427. The minimum absolute atomic E-state index is 0.128. The van der Waals surface area contributed by atoms with E-state index in [1.54, 1.807) is 12.1 Å². The van der Waals surface area contributed by atoms with Crippen LogP contribution in [0.15, 0.2) is 72.8 Å². The minimum atomic E-state index is -0.855. The molecule has 0 bridgehead atoms. The highest BCUT2D eigenvalue weighted by molar-refractivity contribution is 5.79. The minimum Gasteiger partial charge on any atom is -0.352 e. The maximum atomic E-state index is 14.2. The molecule has 0 aliphatic carbocycles. The molecule has 0 spiro atoms. The molecule has 1 fully saturated rings. The number of nitrogens with zero attached hydrogens (tertiary/aromatic N) is 1. The van der Waals surface area contributed by atoms with Gasteiger partial charge in [-0.1, -0.05) is 66.7 Å². The van der Waals surface area contributed by atoms with E-state index in [9.17, 15) is 14.0 Å². The van der Waals surface area contributed by atoms with Crippen molar-refractivity contribution in [1.29, 1.82) is 0 Å². The van der Waals surface area contributed by atoms with E-state index in [0.29, 0.717) is 6.54 Å². The van der Waals surface area contributed by atoms with Gasteiger partial charge in [-0.25, -0.2) is 9.18 Å². The summed E-state index contributed by atoms with van der Waals surface area (Å²) in [6.07, 6.45) is 2.42. The third-order valence-corrected chi connectivity index (χ3v) is 6.35. The summed E-state index contributed by atoms with van der Waals surface area (Å²) in [4.78, 5) is 26.6. The fourth-order valence-corrected chi connectivity index (χ4v) is 4.56. The van der Waals surface area contributed by atoms with Crippen molar-refractivity contribution in [2.45, 2.75) is 38.4 Å². The first-order valence-electron chi connectivity index (χ1n) is 12.0. The maximum Gasteiger partial charge on any atom is 0.312 e. The van der Waals surface area contributed by atoms with Gasteiger partial charge < -0.3 is 16.4 Å². The van der Waals surface area contributed by atoms with Crippen LogP contribution >= 0.6 is 0 Å². The van der Waals surface area contributed by atoms with E-state index in [2.05, 4.69) is 39.8 Å². The van der Waals surface area contributed by atoms with Gasteiger partial charge >= 0.3 is 6.03 Å². The zero-order chi connectivity index (χ0) is 24.6. The van der Waals surface area contributed by atoms with E-state index in [0.717, 1.165) is 36.3 Å². The second kappa shape index (κ2) is 11.6. The van der Waals surface area contributed by atoms with Gasteiger partial charge in [0.2, 0.25) is 5.91 Å². The van der Waals surface area contributed by atoms with E-state index < -0.39 is 17.9 Å². The molecule has 7 heteroatoms. The summed E-state index contributed by atoms with van der Waals surface area (Å²) in [5.41, 5.74) is 9.86. The van der Waals surface area contributed by atoms with Gasteiger partial charge in [0.15, 0.2) is 0 Å². The second-order valence-corrected chi connectivity index (χ2v) is 8.90. The second-order valence-electron chi connectivity index (χ2n) is 8.90. The standard InChI is InChI=1S/C28H31FN4O2/c29-25-10-4-3-9-24(25)26(32-28(30)35)17-27(34)31-18-22-7-1-2-8-23(22)21-13-11-20(12-14-21)19-33-15-5-6-16-33/h1-4,7-14,26H,5-6,15-19H2,(H,31,34)(H3,30,32,35)/t26-/m0/s1. The molecule has 35 heavy (non-hydrogen) atoms. The predicted octanol–water partition coefficient (Wildman–Crippen LogP) is 4.50. The van der Waals surface area contributed by atoms with E-state index in [-0.39, 0.29) is 17.9 Å². The first-order chi connectivity index (χ1) is 17.0. The van der Waals surface area contributed by atoms with E-state index in [4.69, 9.17) is 5.73 Å². The van der Waals surface area contributed by atoms with Crippen LogP contribution in [0.2, 0.25) is 0 Å². The van der Waals surface area contributed by atoms with Gasteiger partial charge in [-0.2, -0.15) is 0 Å². The number of nitrogens with two attached hydrogens (primary N) is 1. The normalized spacial score (nSPS) is 14.4. The summed E-state index contributed by atoms with van der Waals surface area (Å²) in [5, 5.41) is 5.37. The van der Waals surface area contributed by atoms with Crippen molar-refractivity contribution in [3.05, 3.63) is 95.3 Å². The molecule has 182 valence electrons. The molecule has 3 amide bonds. The number of nitrogens with one attached hydrogen (secondary N) is 2. The van der Waals surface area contributed by atoms with Crippen LogP contribution < -0.4 is 16.4 Å². The van der Waals surface area contributed by atoms with Gasteiger partial charge in [0, 0.05) is 18.7 Å². The third kappa shape index (κ3) is 6.67. The molecule has 3 aromatic rings. The molecule has 6 nitrogen and oxygen atoms in total. The summed E-state index contributed by atoms with van der Waals surface area (Å²) in [7, 11) is 0. The Morgan fingerprint density at radius 1 is 0.943 bits per heavy atom. The van der Waals surface area contributed by atoms with Crippen molar-refractivity contribution >= 4 is 11.9 Å². The Morgan fingerprint density at radius 2 is 1.63 bits per heavy atom. The van der Waals surface area contributed by atoms with Crippen molar-refractivity contribution in [3.8, 4) is 11.1 Å². The highest BCUT2D eigenvalue weighted by Crippen LogP contribution is 2.25. The van der Waals surface area contributed by atoms with Crippen molar-refractivity contribution in [1.82, 2.24) is 15.5 Å². The average molecular weight is 475 g/mol. The molecule has 4 N–H and O–H groups in total. The lowest BCUT2D eigenvalue weighted by molar-refractivity contribution is -0.121. The molecule has 1 atom stereocenters. The van der Waals surface area contributed by atoms with Gasteiger partial charge in [-0.05, 0) is 54.3 Å². The van der Waals surface area contributed by atoms with Gasteiger partial charge in [0.1, 0.15) is 5.82 Å². The van der Waals surface area contributed by atoms with E-state index in [1.165, 1.54) is 30.5 Å². The summed E-state index contributed by atoms with van der Waals surface area (Å²) >= 11 is 0. The lowest BCUT2D eigenvalue weighted by Gasteiger charge is -2.19. The summed E-state index contributed by atoms with van der Waals surface area (Å²) in [5.74, 6) is -0.819. The third-order valence-electron chi connectivity index (χ3n) is 6.35. The Balaban J connectivity index is 1.41. The summed E-state index contributed by atoms with van der Waals surface area (Å²) < 4.78 is 14.2. The van der Waals surface area contributed by atoms with Crippen LogP contribution in [0.25, 0.3) is 11.1 Å². The van der Waals surface area contributed by atoms with Crippen molar-refractivity contribution in [2.75, 3.05) is 13.1 Å². The van der Waals surface area contributed by atoms with E-state index >= 15 is 0 Å². The Morgan fingerprint density at radius 3 is 2.34 bits per heavy atom. The van der Waals surface area contributed by atoms with Crippen LogP contribution in [-0.4, -0.2) is 29.9 Å². The number of hydrogen-bond donors (Lipinski definition) is 3. The smallest absolute Gasteiger partial charge is 0.312 e. The van der Waals surface area contributed by atoms with Gasteiger partial charge in [-0.3, -0.25) is 9.69 Å². The Bertz CT molecular complexity index is 1160. The lowest BCUT2D eigenvalue weighted by atomic mass is 9.98. The zero-order valence-electron chi connectivity index (χ0n) is 19.7. The fraction of sp³-hybridized carbons (Fsp3) is 0.286. The van der Waals surface area contributed by atoms with Crippen LogP contribution in [-0.2, 0) is 17.9 Å². The van der Waals surface area contributed by atoms with Crippen LogP contribution in [0.1, 0.15) is 42.0 Å². The molecule has 0 aromatic heterocycles. The van der Waals surface area contributed by atoms with Crippen LogP contribution in [0, 0.1) is 5.82 Å². The van der Waals surface area contributed by atoms with Crippen LogP contribution in [0.4, 0.5) is 9.18 Å². The number of amides is 3.